The second-order valence-electron chi connectivity index (χ2n) is 16.1. The van der Waals surface area contributed by atoms with E-state index in [4.69, 9.17) is 4.42 Å². The molecule has 56 heavy (non-hydrogen) atoms. The smallest absolute Gasteiger partial charge is 0.137 e. The van der Waals surface area contributed by atoms with E-state index >= 15 is 0 Å². The Morgan fingerprint density at radius 2 is 0.893 bits per heavy atom. The van der Waals surface area contributed by atoms with Crippen molar-refractivity contribution in [3.05, 3.63) is 216 Å². The minimum atomic E-state index is -0.610. The van der Waals surface area contributed by atoms with Gasteiger partial charge >= 0.3 is 0 Å². The third-order valence-electron chi connectivity index (χ3n) is 12.0. The number of nitrogens with zero attached hydrogens (tertiary/aromatic N) is 2. The molecule has 0 amide bonds. The predicted octanol–water partition coefficient (Wildman–Crippen LogP) is 14.5. The predicted molar refractivity (Wildman–Crippen MR) is 233 cm³/mol. The largest absolute Gasteiger partial charge is 0.456 e. The van der Waals surface area contributed by atoms with Gasteiger partial charge in [-0.2, -0.15) is 0 Å². The van der Waals surface area contributed by atoms with Crippen molar-refractivity contribution in [3.8, 4) is 11.1 Å². The first-order valence-electron chi connectivity index (χ1n) is 19.5. The molecule has 3 nitrogen and oxygen atoms in total. The van der Waals surface area contributed by atoms with Crippen molar-refractivity contribution in [2.75, 3.05) is 9.80 Å². The fraction of sp³-hybridized carbons (Fsp3) is 0.0943. The first-order chi connectivity index (χ1) is 27.4. The standard InChI is InChI=1S/C53H40N2O/c1-52(2,3)37-27-32-49-45(33-37)53(42-18-8-11-21-46(42)54(49)38-28-25-36(26-29-38)35-15-5-4-6-16-35)43-19-9-12-22-47(43)55(48-23-13-10-20-44(48)53)39-30-31-41-40-17-7-14-24-50(40)56-51(41)34-39/h4-34H,1-3H3. The van der Waals surface area contributed by atoms with Gasteiger partial charge in [0, 0.05) is 28.2 Å². The van der Waals surface area contributed by atoms with Gasteiger partial charge in [-0.3, -0.25) is 0 Å². The highest BCUT2D eigenvalue weighted by Crippen LogP contribution is 2.64. The fourth-order valence-corrected chi connectivity index (χ4v) is 9.43. The summed E-state index contributed by atoms with van der Waals surface area (Å²) in [5.74, 6) is 0. The van der Waals surface area contributed by atoms with E-state index in [1.54, 1.807) is 0 Å². The molecule has 11 rings (SSSR count). The van der Waals surface area contributed by atoms with Gasteiger partial charge in [-0.25, -0.2) is 0 Å². The molecule has 0 radical (unpaired) electrons. The van der Waals surface area contributed by atoms with Crippen LogP contribution < -0.4 is 9.80 Å². The summed E-state index contributed by atoms with van der Waals surface area (Å²) < 4.78 is 6.46. The summed E-state index contributed by atoms with van der Waals surface area (Å²) in [6.07, 6.45) is 0. The molecule has 3 heterocycles. The molecule has 0 unspecified atom stereocenters. The van der Waals surface area contributed by atoms with E-state index in [1.165, 1.54) is 50.3 Å². The Hall–Kier alpha value is -6.84. The Bertz CT molecular complexity index is 2920. The lowest BCUT2D eigenvalue weighted by molar-refractivity contribution is 0.586. The highest BCUT2D eigenvalue weighted by molar-refractivity contribution is 6.06. The van der Waals surface area contributed by atoms with Crippen molar-refractivity contribution >= 4 is 56.1 Å². The zero-order chi connectivity index (χ0) is 37.6. The van der Waals surface area contributed by atoms with Crippen LogP contribution in [0.15, 0.2) is 192 Å². The molecule has 3 heteroatoms. The van der Waals surface area contributed by atoms with Crippen LogP contribution in [0.1, 0.15) is 48.6 Å². The Labute approximate surface area is 327 Å². The van der Waals surface area contributed by atoms with E-state index in [0.29, 0.717) is 0 Å². The molecule has 9 aromatic rings. The Morgan fingerprint density at radius 1 is 0.393 bits per heavy atom. The SMILES string of the molecule is CC(C)(C)c1ccc2c(c1)C1(c3ccccc3N(c3ccc4c(c3)oc3ccccc34)c3ccccc31)c1ccccc1N2c1ccc(-c2ccccc2)cc1. The van der Waals surface area contributed by atoms with Crippen LogP contribution in [0.5, 0.6) is 0 Å². The van der Waals surface area contributed by atoms with E-state index < -0.39 is 5.41 Å². The van der Waals surface area contributed by atoms with Crippen LogP contribution in [0.25, 0.3) is 33.1 Å². The lowest BCUT2D eigenvalue weighted by Crippen LogP contribution is -2.42. The number of benzene rings is 8. The van der Waals surface area contributed by atoms with Crippen LogP contribution in [0, 0.1) is 0 Å². The monoisotopic (exact) mass is 720 g/mol. The van der Waals surface area contributed by atoms with Crippen LogP contribution in [0.3, 0.4) is 0 Å². The molecule has 0 atom stereocenters. The van der Waals surface area contributed by atoms with Crippen molar-refractivity contribution in [1.82, 2.24) is 0 Å². The lowest BCUT2D eigenvalue weighted by Gasteiger charge is -2.51. The Balaban J connectivity index is 1.19. The third-order valence-corrected chi connectivity index (χ3v) is 12.0. The van der Waals surface area contributed by atoms with Crippen molar-refractivity contribution in [2.24, 2.45) is 0 Å². The number of hydrogen-bond acceptors (Lipinski definition) is 3. The maximum absolute atomic E-state index is 6.46. The first kappa shape index (κ1) is 32.6. The molecule has 0 bridgehead atoms. The van der Waals surface area contributed by atoms with Crippen molar-refractivity contribution in [2.45, 2.75) is 31.6 Å². The summed E-state index contributed by atoms with van der Waals surface area (Å²) in [5.41, 5.74) is 16.8. The van der Waals surface area contributed by atoms with Gasteiger partial charge < -0.3 is 14.2 Å². The molecule has 0 fully saturated rings. The van der Waals surface area contributed by atoms with Crippen molar-refractivity contribution in [1.29, 1.82) is 0 Å². The summed E-state index contributed by atoms with van der Waals surface area (Å²) in [5, 5.41) is 2.26. The molecular weight excluding hydrogens is 681 g/mol. The van der Waals surface area contributed by atoms with Gasteiger partial charge in [-0.05, 0) is 99.0 Å². The first-order valence-corrected chi connectivity index (χ1v) is 19.5. The minimum absolute atomic E-state index is 0.0585. The van der Waals surface area contributed by atoms with E-state index in [-0.39, 0.29) is 5.41 Å². The van der Waals surface area contributed by atoms with Crippen molar-refractivity contribution < 1.29 is 4.42 Å². The van der Waals surface area contributed by atoms with Crippen LogP contribution in [-0.2, 0) is 10.8 Å². The molecule has 1 aromatic heterocycles. The number of para-hydroxylation sites is 4. The highest BCUT2D eigenvalue weighted by atomic mass is 16.3. The van der Waals surface area contributed by atoms with Gasteiger partial charge in [0.2, 0.25) is 0 Å². The quantitative estimate of drug-likeness (QED) is 0.181. The number of furan rings is 1. The van der Waals surface area contributed by atoms with Gasteiger partial charge in [0.15, 0.2) is 0 Å². The van der Waals surface area contributed by atoms with Crippen LogP contribution >= 0.6 is 0 Å². The van der Waals surface area contributed by atoms with E-state index in [1.807, 2.05) is 6.07 Å². The summed E-state index contributed by atoms with van der Waals surface area (Å²) in [6, 6.07) is 69.0. The molecule has 0 aliphatic carbocycles. The number of fused-ring (bicyclic) bond motifs is 11. The molecule has 8 aromatic carbocycles. The van der Waals surface area contributed by atoms with Crippen LogP contribution in [0.2, 0.25) is 0 Å². The normalized spacial score (nSPS) is 14.1. The van der Waals surface area contributed by atoms with Gasteiger partial charge in [-0.1, -0.05) is 148 Å². The Morgan fingerprint density at radius 3 is 1.54 bits per heavy atom. The summed E-state index contributed by atoms with van der Waals surface area (Å²) in [6.45, 7) is 6.95. The second-order valence-corrected chi connectivity index (χ2v) is 16.1. The van der Waals surface area contributed by atoms with Crippen molar-refractivity contribution in [3.63, 3.8) is 0 Å². The molecule has 0 N–H and O–H groups in total. The lowest BCUT2D eigenvalue weighted by atomic mass is 9.59. The maximum atomic E-state index is 6.46. The molecule has 2 aliphatic heterocycles. The molecule has 1 spiro atoms. The number of hydrogen-bond donors (Lipinski definition) is 0. The average molecular weight is 721 g/mol. The maximum Gasteiger partial charge on any atom is 0.137 e. The average Bonchev–Trinajstić information content (AvgIpc) is 3.61. The van der Waals surface area contributed by atoms with Crippen LogP contribution in [0.4, 0.5) is 34.1 Å². The molecular formula is C53H40N2O. The molecule has 0 saturated carbocycles. The summed E-state index contributed by atoms with van der Waals surface area (Å²) in [7, 11) is 0. The van der Waals surface area contributed by atoms with Gasteiger partial charge in [0.1, 0.15) is 11.2 Å². The molecule has 268 valence electrons. The molecule has 2 aliphatic rings. The van der Waals surface area contributed by atoms with E-state index in [9.17, 15) is 0 Å². The third kappa shape index (κ3) is 4.64. The van der Waals surface area contributed by atoms with Gasteiger partial charge in [0.05, 0.1) is 28.2 Å². The Kier molecular flexibility index (Phi) is 7.03. The number of anilines is 6. The van der Waals surface area contributed by atoms with Crippen LogP contribution in [-0.4, -0.2) is 0 Å². The zero-order valence-corrected chi connectivity index (χ0v) is 31.7. The summed E-state index contributed by atoms with van der Waals surface area (Å²) >= 11 is 0. The topological polar surface area (TPSA) is 19.6 Å². The van der Waals surface area contributed by atoms with Gasteiger partial charge in [-0.15, -0.1) is 0 Å². The second kappa shape index (κ2) is 12.1. The highest BCUT2D eigenvalue weighted by Gasteiger charge is 2.52. The minimum Gasteiger partial charge on any atom is -0.456 e. The molecule has 0 saturated heterocycles. The number of rotatable bonds is 3. The van der Waals surface area contributed by atoms with E-state index in [0.717, 1.165) is 44.7 Å². The fourth-order valence-electron chi connectivity index (χ4n) is 9.43. The zero-order valence-electron chi connectivity index (χ0n) is 31.7. The summed E-state index contributed by atoms with van der Waals surface area (Å²) in [4.78, 5) is 4.91. The van der Waals surface area contributed by atoms with Gasteiger partial charge in [0.25, 0.3) is 0 Å². The van der Waals surface area contributed by atoms with E-state index in [2.05, 4.69) is 213 Å².